The number of nitrogens with one attached hydrogen (secondary N) is 2. The van der Waals surface area contributed by atoms with Crippen LogP contribution in [0.3, 0.4) is 0 Å². The van der Waals surface area contributed by atoms with Crippen molar-refractivity contribution in [3.05, 3.63) is 63.2 Å². The molecule has 252 valence electrons. The van der Waals surface area contributed by atoms with E-state index in [1.54, 1.807) is 0 Å². The van der Waals surface area contributed by atoms with Gasteiger partial charge in [-0.05, 0) is 90.7 Å². The summed E-state index contributed by atoms with van der Waals surface area (Å²) in [6, 6.07) is 7.87. The quantitative estimate of drug-likeness (QED) is 0.301. The lowest BCUT2D eigenvalue weighted by atomic mass is 9.89. The van der Waals surface area contributed by atoms with Crippen LogP contribution in [0.2, 0.25) is 0 Å². The number of aryl methyl sites for hydroxylation is 1. The molecule has 5 heterocycles. The number of hydrogen-bond donors (Lipinski definition) is 2. The number of likely N-dealkylation sites (tertiary alicyclic amines) is 1. The maximum absolute atomic E-state index is 13.9. The normalized spacial score (nSPS) is 23.3. The number of carbonyl (C=O) groups excluding carboxylic acids is 1. The molecule has 2 aromatic heterocycles. The molecule has 1 unspecified atom stereocenters. The first-order chi connectivity index (χ1) is 22.5. The second kappa shape index (κ2) is 13.5. The minimum Gasteiger partial charge on any atom is -0.448 e. The number of morpholine rings is 1. The van der Waals surface area contributed by atoms with Crippen LogP contribution >= 0.6 is 11.8 Å². The van der Waals surface area contributed by atoms with Crippen LogP contribution in [0.1, 0.15) is 67.7 Å². The molecule has 3 aliphatic heterocycles. The standard InChI is InChI=1S/C36H47N5O5S/c1-8-40-13-11-26(12-14-40)36(6)45-32-24(5)27(34(42)38-18-29-30(47-7)15-21(2)39-35(29)43)16-28(33(32)46-36)25-9-10-31(37-17-25)41-19-22(3)44-23(4)20-41/h9-10,15-17,22-23,26H,8,11-14,18-20H2,1-7H3,(H,38,42)(H,39,43)/t22-,23+,36?. The number of amides is 1. The number of aromatic nitrogens is 2. The predicted octanol–water partition coefficient (Wildman–Crippen LogP) is 5.54. The molecule has 47 heavy (non-hydrogen) atoms. The van der Waals surface area contributed by atoms with Crippen molar-refractivity contribution in [3.63, 3.8) is 0 Å². The maximum atomic E-state index is 13.9. The van der Waals surface area contributed by atoms with Gasteiger partial charge in [0.1, 0.15) is 5.82 Å². The molecule has 2 saturated heterocycles. The van der Waals surface area contributed by atoms with Gasteiger partial charge in [0.2, 0.25) is 0 Å². The lowest BCUT2D eigenvalue weighted by Crippen LogP contribution is -2.48. The Kier molecular flexibility index (Phi) is 9.60. The van der Waals surface area contributed by atoms with Gasteiger partial charge in [-0.2, -0.15) is 0 Å². The fraction of sp³-hybridized carbons (Fsp3) is 0.528. The Morgan fingerprint density at radius 2 is 1.81 bits per heavy atom. The summed E-state index contributed by atoms with van der Waals surface area (Å²) in [5.74, 6) is 1.18. The molecular weight excluding hydrogens is 614 g/mol. The Morgan fingerprint density at radius 1 is 1.11 bits per heavy atom. The number of carbonyl (C=O) groups is 1. The number of nitrogens with zero attached hydrogens (tertiary/aromatic N) is 3. The number of H-pyrrole nitrogens is 1. The number of fused-ring (bicyclic) bond motifs is 1. The fourth-order valence-electron chi connectivity index (χ4n) is 7.17. The highest BCUT2D eigenvalue weighted by molar-refractivity contribution is 7.98. The van der Waals surface area contributed by atoms with Gasteiger partial charge in [-0.1, -0.05) is 6.92 Å². The molecule has 0 aliphatic carbocycles. The number of piperidine rings is 1. The number of rotatable bonds is 8. The van der Waals surface area contributed by atoms with E-state index < -0.39 is 5.79 Å². The fourth-order valence-corrected chi connectivity index (χ4v) is 7.88. The van der Waals surface area contributed by atoms with Crippen LogP contribution in [0.5, 0.6) is 11.5 Å². The van der Waals surface area contributed by atoms with Crippen molar-refractivity contribution >= 4 is 23.5 Å². The van der Waals surface area contributed by atoms with Crippen molar-refractivity contribution in [3.8, 4) is 22.6 Å². The van der Waals surface area contributed by atoms with Gasteiger partial charge in [-0.25, -0.2) is 4.98 Å². The van der Waals surface area contributed by atoms with Gasteiger partial charge in [0.15, 0.2) is 11.5 Å². The Bertz CT molecular complexity index is 1680. The minimum absolute atomic E-state index is 0.105. The first-order valence-corrected chi connectivity index (χ1v) is 17.9. The molecule has 0 saturated carbocycles. The third kappa shape index (κ3) is 6.75. The number of thioether (sulfide) groups is 1. The first-order valence-electron chi connectivity index (χ1n) is 16.7. The summed E-state index contributed by atoms with van der Waals surface area (Å²) in [6.07, 6.45) is 5.96. The summed E-state index contributed by atoms with van der Waals surface area (Å²) in [7, 11) is 0. The van der Waals surface area contributed by atoms with E-state index in [0.717, 1.165) is 73.1 Å². The van der Waals surface area contributed by atoms with Gasteiger partial charge in [0, 0.05) is 77.1 Å². The molecule has 0 spiro atoms. The van der Waals surface area contributed by atoms with Gasteiger partial charge in [0.05, 0.1) is 12.2 Å². The highest BCUT2D eigenvalue weighted by atomic mass is 32.2. The second-order valence-electron chi connectivity index (χ2n) is 13.3. The molecule has 0 radical (unpaired) electrons. The average molecular weight is 662 g/mol. The van der Waals surface area contributed by atoms with Crippen molar-refractivity contribution in [2.75, 3.05) is 43.9 Å². The summed E-state index contributed by atoms with van der Waals surface area (Å²) in [5.41, 5.74) is 3.89. The van der Waals surface area contributed by atoms with Gasteiger partial charge in [0.25, 0.3) is 17.3 Å². The SMILES string of the molecule is CCN1CCC(C2(C)Oc3c(-c4ccc(N5C[C@@H](C)O[C@@H](C)C5)nc4)cc(C(=O)NCc4c(SC)cc(C)[nH]c4=O)c(C)c3O2)CC1. The molecular formula is C36H47N5O5S. The van der Waals surface area contributed by atoms with E-state index >= 15 is 0 Å². The van der Waals surface area contributed by atoms with Crippen molar-refractivity contribution in [1.29, 1.82) is 0 Å². The van der Waals surface area contributed by atoms with Crippen LogP contribution in [0.4, 0.5) is 5.82 Å². The molecule has 11 heteroatoms. The van der Waals surface area contributed by atoms with Gasteiger partial charge in [-0.3, -0.25) is 9.59 Å². The molecule has 2 N–H and O–H groups in total. The lowest BCUT2D eigenvalue weighted by molar-refractivity contribution is -0.124. The molecule has 3 atom stereocenters. The van der Waals surface area contributed by atoms with Crippen molar-refractivity contribution < 1.29 is 19.0 Å². The number of aromatic amines is 1. The van der Waals surface area contributed by atoms with Crippen LogP contribution in [-0.2, 0) is 11.3 Å². The topological polar surface area (TPSA) is 109 Å². The Hall–Kier alpha value is -3.54. The van der Waals surface area contributed by atoms with Crippen LogP contribution in [-0.4, -0.2) is 77.7 Å². The van der Waals surface area contributed by atoms with E-state index in [4.69, 9.17) is 19.2 Å². The van der Waals surface area contributed by atoms with Crippen LogP contribution < -0.4 is 25.2 Å². The van der Waals surface area contributed by atoms with Gasteiger partial charge in [-0.15, -0.1) is 11.8 Å². The Balaban J connectivity index is 1.34. The first kappa shape index (κ1) is 33.4. The minimum atomic E-state index is -0.854. The van der Waals surface area contributed by atoms with E-state index in [9.17, 15) is 9.59 Å². The number of hydrogen-bond acceptors (Lipinski definition) is 9. The lowest BCUT2D eigenvalue weighted by Gasteiger charge is -2.38. The molecule has 3 aliphatic rings. The molecule has 1 amide bonds. The van der Waals surface area contributed by atoms with Crippen molar-refractivity contribution in [2.45, 2.75) is 83.8 Å². The van der Waals surface area contributed by atoms with E-state index in [1.165, 1.54) is 11.8 Å². The zero-order valence-corrected chi connectivity index (χ0v) is 29.4. The highest BCUT2D eigenvalue weighted by Gasteiger charge is 2.47. The Morgan fingerprint density at radius 3 is 2.45 bits per heavy atom. The summed E-state index contributed by atoms with van der Waals surface area (Å²) < 4.78 is 19.5. The van der Waals surface area contributed by atoms with E-state index in [-0.39, 0.29) is 36.1 Å². The van der Waals surface area contributed by atoms with Gasteiger partial charge >= 0.3 is 0 Å². The molecule has 0 bridgehead atoms. The second-order valence-corrected chi connectivity index (χ2v) is 14.1. The number of anilines is 1. The summed E-state index contributed by atoms with van der Waals surface area (Å²) in [5, 5.41) is 3.01. The van der Waals surface area contributed by atoms with Crippen LogP contribution in [0.25, 0.3) is 11.1 Å². The van der Waals surface area contributed by atoms with Crippen LogP contribution in [0, 0.1) is 19.8 Å². The van der Waals surface area contributed by atoms with Crippen molar-refractivity contribution in [1.82, 2.24) is 20.2 Å². The summed E-state index contributed by atoms with van der Waals surface area (Å²) >= 11 is 1.49. The van der Waals surface area contributed by atoms with Crippen LogP contribution in [0.15, 0.2) is 40.2 Å². The summed E-state index contributed by atoms with van der Waals surface area (Å²) in [4.78, 5) is 39.9. The van der Waals surface area contributed by atoms with Crippen molar-refractivity contribution in [2.24, 2.45) is 5.92 Å². The Labute approximate surface area is 281 Å². The zero-order chi connectivity index (χ0) is 33.5. The molecule has 3 aromatic rings. The maximum Gasteiger partial charge on any atom is 0.254 e. The number of benzene rings is 1. The average Bonchev–Trinajstić information content (AvgIpc) is 3.43. The molecule has 1 aromatic carbocycles. The molecule has 6 rings (SSSR count). The third-order valence-electron chi connectivity index (χ3n) is 9.79. The third-order valence-corrected chi connectivity index (χ3v) is 10.6. The monoisotopic (exact) mass is 661 g/mol. The highest BCUT2D eigenvalue weighted by Crippen LogP contribution is 2.52. The van der Waals surface area contributed by atoms with E-state index in [1.807, 2.05) is 57.5 Å². The van der Waals surface area contributed by atoms with Gasteiger partial charge < -0.3 is 34.3 Å². The zero-order valence-electron chi connectivity index (χ0n) is 28.6. The van der Waals surface area contributed by atoms with E-state index in [0.29, 0.717) is 28.2 Å². The van der Waals surface area contributed by atoms with E-state index in [2.05, 4.69) is 40.9 Å². The number of ether oxygens (including phenoxy) is 3. The predicted molar refractivity (Wildman–Crippen MR) is 186 cm³/mol. The number of pyridine rings is 2. The largest absolute Gasteiger partial charge is 0.448 e. The summed E-state index contributed by atoms with van der Waals surface area (Å²) in [6.45, 7) is 16.8. The smallest absolute Gasteiger partial charge is 0.254 e. The molecule has 2 fully saturated rings. The molecule has 10 nitrogen and oxygen atoms in total.